The van der Waals surface area contributed by atoms with Crippen molar-refractivity contribution in [3.63, 3.8) is 0 Å². The molecule has 2 aromatic heterocycles. The third-order valence-electron chi connectivity index (χ3n) is 12.1. The van der Waals surface area contributed by atoms with Crippen LogP contribution >= 0.6 is 11.3 Å². The van der Waals surface area contributed by atoms with Crippen molar-refractivity contribution in [1.82, 2.24) is 0 Å². The monoisotopic (exact) mass is 795 g/mol. The van der Waals surface area contributed by atoms with Crippen molar-refractivity contribution in [2.75, 3.05) is 4.90 Å². The maximum atomic E-state index is 6.35. The quantitative estimate of drug-likeness (QED) is 0.160. The average molecular weight is 796 g/mol. The van der Waals surface area contributed by atoms with Gasteiger partial charge in [-0.3, -0.25) is 0 Å². The molecule has 0 unspecified atom stereocenters. The molecule has 0 N–H and O–H groups in total. The number of fused-ring (bicyclic) bond motifs is 7. The highest BCUT2D eigenvalue weighted by molar-refractivity contribution is 7.26. The summed E-state index contributed by atoms with van der Waals surface area (Å²) in [5.41, 5.74) is 14.5. The lowest BCUT2D eigenvalue weighted by atomic mass is 9.90. The number of hydrogen-bond acceptors (Lipinski definition) is 3. The average Bonchev–Trinajstić information content (AvgIpc) is 3.90. The van der Waals surface area contributed by atoms with E-state index in [1.54, 1.807) is 0 Å². The number of para-hydroxylation sites is 2. The van der Waals surface area contributed by atoms with E-state index in [1.165, 1.54) is 58.8 Å². The number of rotatable bonds is 7. The van der Waals surface area contributed by atoms with Crippen LogP contribution in [-0.2, 0) is 0 Å². The van der Waals surface area contributed by atoms with Crippen LogP contribution in [0.25, 0.3) is 97.4 Å². The molecule has 0 atom stereocenters. The summed E-state index contributed by atoms with van der Waals surface area (Å²) < 4.78 is 8.98. The minimum absolute atomic E-state index is 0.890. The van der Waals surface area contributed by atoms with Gasteiger partial charge in [0.05, 0.1) is 5.69 Å². The molecular formula is C58H37NOS. The van der Waals surface area contributed by atoms with Gasteiger partial charge in [-0.15, -0.1) is 11.3 Å². The first kappa shape index (κ1) is 35.2. The van der Waals surface area contributed by atoms with Crippen LogP contribution in [0.3, 0.4) is 0 Å². The highest BCUT2D eigenvalue weighted by Gasteiger charge is 2.21. The molecule has 10 aromatic carbocycles. The van der Waals surface area contributed by atoms with Gasteiger partial charge in [-0.25, -0.2) is 0 Å². The lowest BCUT2D eigenvalue weighted by Crippen LogP contribution is -2.11. The molecule has 0 saturated heterocycles. The van der Waals surface area contributed by atoms with Crippen molar-refractivity contribution in [3.8, 4) is 44.5 Å². The Morgan fingerprint density at radius 1 is 0.344 bits per heavy atom. The third-order valence-corrected chi connectivity index (χ3v) is 13.3. The Balaban J connectivity index is 1.04. The molecule has 0 aliphatic carbocycles. The van der Waals surface area contributed by atoms with Crippen LogP contribution in [0.5, 0.6) is 0 Å². The highest BCUT2D eigenvalue weighted by atomic mass is 32.1. The fraction of sp³-hybridized carbons (Fsp3) is 0. The zero-order chi connectivity index (χ0) is 40.3. The number of nitrogens with zero attached hydrogens (tertiary/aromatic N) is 1. The van der Waals surface area contributed by atoms with Crippen LogP contribution in [0.2, 0.25) is 0 Å². The summed E-state index contributed by atoms with van der Waals surface area (Å²) in [4.78, 5) is 2.42. The lowest BCUT2D eigenvalue weighted by Gasteiger charge is -2.29. The van der Waals surface area contributed by atoms with E-state index in [0.29, 0.717) is 0 Å². The summed E-state index contributed by atoms with van der Waals surface area (Å²) in [6.07, 6.45) is 0. The first-order valence-corrected chi connectivity index (χ1v) is 21.6. The molecule has 12 aromatic rings. The smallest absolute Gasteiger partial charge is 0.136 e. The Hall–Kier alpha value is -7.72. The first-order chi connectivity index (χ1) is 30.2. The van der Waals surface area contributed by atoms with E-state index >= 15 is 0 Å². The summed E-state index contributed by atoms with van der Waals surface area (Å²) in [7, 11) is 0. The molecule has 0 fully saturated rings. The Bertz CT molecular complexity index is 3590. The molecule has 61 heavy (non-hydrogen) atoms. The molecule has 0 bridgehead atoms. The SMILES string of the molecule is c1ccc(-c2cccc3cccc(-c4ccccc4N(c4ccc(-c5cccc6c5sc5ccccc56)cc4)c4cccc(-c5ccc6c(c5)oc5ccccc56)c4)c23)cc1. The molecule has 0 radical (unpaired) electrons. The molecule has 0 amide bonds. The summed E-state index contributed by atoms with van der Waals surface area (Å²) in [6.45, 7) is 0. The summed E-state index contributed by atoms with van der Waals surface area (Å²) in [5.74, 6) is 0. The van der Waals surface area contributed by atoms with Gasteiger partial charge >= 0.3 is 0 Å². The van der Waals surface area contributed by atoms with Gasteiger partial charge < -0.3 is 9.32 Å². The summed E-state index contributed by atoms with van der Waals surface area (Å²) in [5, 5.41) is 7.33. The molecule has 2 nitrogen and oxygen atoms in total. The summed E-state index contributed by atoms with van der Waals surface area (Å²) in [6, 6.07) is 81.2. The zero-order valence-electron chi connectivity index (χ0n) is 33.1. The van der Waals surface area contributed by atoms with Crippen LogP contribution in [0.4, 0.5) is 17.1 Å². The molecule has 0 aliphatic rings. The number of thiophene rings is 1. The van der Waals surface area contributed by atoms with Gasteiger partial charge in [0.15, 0.2) is 0 Å². The number of benzene rings is 10. The van der Waals surface area contributed by atoms with Crippen molar-refractivity contribution in [2.45, 2.75) is 0 Å². The number of anilines is 3. The first-order valence-electron chi connectivity index (χ1n) is 20.7. The van der Waals surface area contributed by atoms with Gasteiger partial charge in [0.2, 0.25) is 0 Å². The predicted molar refractivity (Wildman–Crippen MR) is 261 cm³/mol. The van der Waals surface area contributed by atoms with E-state index < -0.39 is 0 Å². The molecule has 2 heterocycles. The van der Waals surface area contributed by atoms with Gasteiger partial charge in [-0.05, 0) is 104 Å². The van der Waals surface area contributed by atoms with Crippen LogP contribution in [0.15, 0.2) is 229 Å². The van der Waals surface area contributed by atoms with Gasteiger partial charge in [0, 0.05) is 47.9 Å². The predicted octanol–water partition coefficient (Wildman–Crippen LogP) is 17.2. The molecule has 0 saturated carbocycles. The van der Waals surface area contributed by atoms with Gasteiger partial charge in [-0.1, -0.05) is 170 Å². The fourth-order valence-electron chi connectivity index (χ4n) is 9.24. The van der Waals surface area contributed by atoms with Crippen LogP contribution < -0.4 is 4.90 Å². The van der Waals surface area contributed by atoms with E-state index in [2.05, 4.69) is 217 Å². The molecule has 3 heteroatoms. The van der Waals surface area contributed by atoms with Crippen LogP contribution in [0.1, 0.15) is 0 Å². The standard InChI is InChI=1S/C58H37NOS/c1-2-14-38(15-3-1)45-23-11-16-40-17-12-25-51(57(40)45)47-20-4-7-27-53(47)59(43-33-30-39(31-34-43)46-24-13-26-52-50-22-6-9-29-56(50)61-58(46)52)44-19-10-18-41(36-44)42-32-35-49-48-21-5-8-28-54(48)60-55(49)37-42/h1-37H. The van der Waals surface area contributed by atoms with Gasteiger partial charge in [0.1, 0.15) is 11.2 Å². The number of hydrogen-bond donors (Lipinski definition) is 0. The lowest BCUT2D eigenvalue weighted by molar-refractivity contribution is 0.669. The van der Waals surface area contributed by atoms with Crippen molar-refractivity contribution in [2.24, 2.45) is 0 Å². The molecule has 0 spiro atoms. The number of furan rings is 1. The molecule has 12 rings (SSSR count). The highest BCUT2D eigenvalue weighted by Crippen LogP contribution is 2.46. The topological polar surface area (TPSA) is 16.4 Å². The van der Waals surface area contributed by atoms with Crippen LogP contribution in [-0.4, -0.2) is 0 Å². The van der Waals surface area contributed by atoms with E-state index in [0.717, 1.165) is 55.7 Å². The Morgan fingerprint density at radius 3 is 1.84 bits per heavy atom. The van der Waals surface area contributed by atoms with Crippen LogP contribution in [0, 0.1) is 0 Å². The molecule has 0 aliphatic heterocycles. The van der Waals surface area contributed by atoms with E-state index in [1.807, 2.05) is 23.5 Å². The molecule has 286 valence electrons. The van der Waals surface area contributed by atoms with Crippen molar-refractivity contribution < 1.29 is 4.42 Å². The van der Waals surface area contributed by atoms with E-state index in [-0.39, 0.29) is 0 Å². The fourth-order valence-corrected chi connectivity index (χ4v) is 10.5. The Kier molecular flexibility index (Phi) is 8.39. The minimum Gasteiger partial charge on any atom is -0.456 e. The van der Waals surface area contributed by atoms with Crippen molar-refractivity contribution in [3.05, 3.63) is 224 Å². The Morgan fingerprint density at radius 2 is 0.951 bits per heavy atom. The maximum Gasteiger partial charge on any atom is 0.136 e. The largest absolute Gasteiger partial charge is 0.456 e. The third kappa shape index (κ3) is 6.01. The molecular weight excluding hydrogens is 759 g/mol. The van der Waals surface area contributed by atoms with Gasteiger partial charge in [-0.2, -0.15) is 0 Å². The van der Waals surface area contributed by atoms with Crippen molar-refractivity contribution >= 4 is 81.3 Å². The van der Waals surface area contributed by atoms with E-state index in [9.17, 15) is 0 Å². The maximum absolute atomic E-state index is 6.35. The zero-order valence-corrected chi connectivity index (χ0v) is 33.9. The second-order valence-corrected chi connectivity index (χ2v) is 16.7. The normalized spacial score (nSPS) is 11.6. The van der Waals surface area contributed by atoms with Gasteiger partial charge in [0.25, 0.3) is 0 Å². The second-order valence-electron chi connectivity index (χ2n) is 15.6. The van der Waals surface area contributed by atoms with Crippen molar-refractivity contribution in [1.29, 1.82) is 0 Å². The summed E-state index contributed by atoms with van der Waals surface area (Å²) >= 11 is 1.87. The van der Waals surface area contributed by atoms with E-state index in [4.69, 9.17) is 4.42 Å². The minimum atomic E-state index is 0.890. The Labute approximate surface area is 357 Å². The second kappa shape index (κ2) is 14.5.